The molecular weight excluding hydrogens is 436 g/mol. The number of aromatic nitrogens is 2. The number of piperidine rings is 1. The first kappa shape index (κ1) is 22.9. The molecule has 0 bridgehead atoms. The lowest BCUT2D eigenvalue weighted by atomic mass is 9.92. The molecule has 3 aromatic rings. The number of likely N-dealkylation sites (tertiary alicyclic amines) is 1. The molecule has 0 saturated carbocycles. The first-order valence-corrected chi connectivity index (χ1v) is 12.0. The minimum absolute atomic E-state index is 0.0995. The SMILES string of the molecule is CCC(C(=O)N1CCC(c2nnc(C(=O)Nc3ccc(OC)cc3)s2)CC1)c1ccccc1. The maximum atomic E-state index is 13.1. The number of carbonyl (C=O) groups is 2. The molecule has 1 N–H and O–H groups in total. The summed E-state index contributed by atoms with van der Waals surface area (Å²) in [6.07, 6.45) is 2.43. The van der Waals surface area contributed by atoms with Gasteiger partial charge in [0.2, 0.25) is 10.9 Å². The third-order valence-corrected chi connectivity index (χ3v) is 7.13. The second-order valence-corrected chi connectivity index (χ2v) is 9.11. The molecule has 1 unspecified atom stereocenters. The van der Waals surface area contributed by atoms with Gasteiger partial charge in [-0.05, 0) is 49.1 Å². The fourth-order valence-electron chi connectivity index (χ4n) is 4.16. The van der Waals surface area contributed by atoms with Gasteiger partial charge < -0.3 is 15.0 Å². The zero-order chi connectivity index (χ0) is 23.2. The maximum Gasteiger partial charge on any atom is 0.286 e. The van der Waals surface area contributed by atoms with Crippen molar-refractivity contribution in [3.63, 3.8) is 0 Å². The van der Waals surface area contributed by atoms with E-state index in [1.165, 1.54) is 11.3 Å². The molecule has 1 saturated heterocycles. The average molecular weight is 465 g/mol. The van der Waals surface area contributed by atoms with Crippen molar-refractivity contribution in [2.45, 2.75) is 38.0 Å². The Morgan fingerprint density at radius 3 is 2.42 bits per heavy atom. The van der Waals surface area contributed by atoms with Crippen LogP contribution in [-0.4, -0.2) is 47.1 Å². The number of hydrogen-bond acceptors (Lipinski definition) is 6. The molecule has 1 aliphatic heterocycles. The molecular formula is C25H28N4O3S. The van der Waals surface area contributed by atoms with Gasteiger partial charge in [-0.2, -0.15) is 0 Å². The molecule has 33 heavy (non-hydrogen) atoms. The van der Waals surface area contributed by atoms with Crippen molar-refractivity contribution in [3.8, 4) is 5.75 Å². The van der Waals surface area contributed by atoms with Gasteiger partial charge in [0.15, 0.2) is 0 Å². The van der Waals surface area contributed by atoms with Crippen molar-refractivity contribution in [2.75, 3.05) is 25.5 Å². The van der Waals surface area contributed by atoms with Crippen LogP contribution in [0, 0.1) is 0 Å². The lowest BCUT2D eigenvalue weighted by Gasteiger charge is -2.33. The number of methoxy groups -OCH3 is 1. The average Bonchev–Trinajstić information content (AvgIpc) is 3.36. The van der Waals surface area contributed by atoms with Gasteiger partial charge in [0.25, 0.3) is 5.91 Å². The number of amides is 2. The molecule has 2 amide bonds. The summed E-state index contributed by atoms with van der Waals surface area (Å²) >= 11 is 1.33. The Hall–Kier alpha value is -3.26. The molecule has 1 atom stereocenters. The van der Waals surface area contributed by atoms with Gasteiger partial charge in [-0.25, -0.2) is 0 Å². The van der Waals surface area contributed by atoms with Gasteiger partial charge >= 0.3 is 0 Å². The van der Waals surface area contributed by atoms with E-state index in [9.17, 15) is 9.59 Å². The minimum atomic E-state index is -0.273. The van der Waals surface area contributed by atoms with Gasteiger partial charge in [0.1, 0.15) is 10.8 Å². The Morgan fingerprint density at radius 1 is 1.09 bits per heavy atom. The first-order valence-electron chi connectivity index (χ1n) is 11.2. The zero-order valence-corrected chi connectivity index (χ0v) is 19.7. The minimum Gasteiger partial charge on any atom is -0.497 e. The van der Waals surface area contributed by atoms with Crippen LogP contribution < -0.4 is 10.1 Å². The molecule has 2 aromatic carbocycles. The van der Waals surface area contributed by atoms with Crippen LogP contribution in [0.1, 0.15) is 58.4 Å². The number of ether oxygens (including phenoxy) is 1. The largest absolute Gasteiger partial charge is 0.497 e. The monoisotopic (exact) mass is 464 g/mol. The highest BCUT2D eigenvalue weighted by Gasteiger charge is 2.30. The van der Waals surface area contributed by atoms with Gasteiger partial charge in [-0.1, -0.05) is 48.6 Å². The second kappa shape index (κ2) is 10.6. The fourth-order valence-corrected chi connectivity index (χ4v) is 5.06. The van der Waals surface area contributed by atoms with Gasteiger partial charge in [0, 0.05) is 24.7 Å². The Balaban J connectivity index is 1.33. The Labute approximate surface area is 197 Å². The summed E-state index contributed by atoms with van der Waals surface area (Å²) in [6.45, 7) is 3.45. The van der Waals surface area contributed by atoms with E-state index >= 15 is 0 Å². The van der Waals surface area contributed by atoms with E-state index in [1.54, 1.807) is 31.4 Å². The van der Waals surface area contributed by atoms with Crippen LogP contribution in [-0.2, 0) is 4.79 Å². The van der Waals surface area contributed by atoms with Gasteiger partial charge in [-0.3, -0.25) is 9.59 Å². The molecule has 8 heteroatoms. The van der Waals surface area contributed by atoms with E-state index in [2.05, 4.69) is 22.4 Å². The smallest absolute Gasteiger partial charge is 0.286 e. The van der Waals surface area contributed by atoms with Crippen molar-refractivity contribution in [2.24, 2.45) is 0 Å². The lowest BCUT2D eigenvalue weighted by Crippen LogP contribution is -2.40. The highest BCUT2D eigenvalue weighted by Crippen LogP contribution is 2.32. The van der Waals surface area contributed by atoms with E-state index in [0.29, 0.717) is 23.8 Å². The molecule has 1 aromatic heterocycles. The van der Waals surface area contributed by atoms with Crippen LogP contribution in [0.25, 0.3) is 0 Å². The normalized spacial score (nSPS) is 15.2. The van der Waals surface area contributed by atoms with Crippen LogP contribution in [0.5, 0.6) is 5.75 Å². The quantitative estimate of drug-likeness (QED) is 0.548. The zero-order valence-electron chi connectivity index (χ0n) is 18.9. The number of rotatable bonds is 7. The van der Waals surface area contributed by atoms with E-state index < -0.39 is 0 Å². The second-order valence-electron chi connectivity index (χ2n) is 8.10. The van der Waals surface area contributed by atoms with Crippen molar-refractivity contribution >= 4 is 28.8 Å². The predicted octanol–water partition coefficient (Wildman–Crippen LogP) is 4.70. The number of nitrogens with zero attached hydrogens (tertiary/aromatic N) is 3. The van der Waals surface area contributed by atoms with E-state index in [1.807, 2.05) is 35.2 Å². The molecule has 0 radical (unpaired) electrons. The van der Waals surface area contributed by atoms with Crippen LogP contribution >= 0.6 is 11.3 Å². The molecule has 2 heterocycles. The van der Waals surface area contributed by atoms with Crippen molar-refractivity contribution < 1.29 is 14.3 Å². The van der Waals surface area contributed by atoms with E-state index in [-0.39, 0.29) is 23.7 Å². The highest BCUT2D eigenvalue weighted by atomic mass is 32.1. The summed E-state index contributed by atoms with van der Waals surface area (Å²) in [6, 6.07) is 17.1. The third-order valence-electron chi connectivity index (χ3n) is 6.05. The number of anilines is 1. The van der Waals surface area contributed by atoms with Crippen molar-refractivity contribution in [1.29, 1.82) is 0 Å². The Bertz CT molecular complexity index is 1080. The molecule has 172 valence electrons. The fraction of sp³-hybridized carbons (Fsp3) is 0.360. The highest BCUT2D eigenvalue weighted by molar-refractivity contribution is 7.13. The number of benzene rings is 2. The van der Waals surface area contributed by atoms with Crippen LogP contribution in [0.3, 0.4) is 0 Å². The number of nitrogens with one attached hydrogen (secondary N) is 1. The molecule has 0 spiro atoms. The third kappa shape index (κ3) is 5.39. The van der Waals surface area contributed by atoms with Crippen LogP contribution in [0.4, 0.5) is 5.69 Å². The first-order chi connectivity index (χ1) is 16.1. The lowest BCUT2D eigenvalue weighted by molar-refractivity contribution is -0.134. The summed E-state index contributed by atoms with van der Waals surface area (Å²) < 4.78 is 5.14. The molecule has 4 rings (SSSR count). The van der Waals surface area contributed by atoms with Gasteiger partial charge in [0.05, 0.1) is 13.0 Å². The topological polar surface area (TPSA) is 84.4 Å². The van der Waals surface area contributed by atoms with Crippen LogP contribution in [0.15, 0.2) is 54.6 Å². The Kier molecular flexibility index (Phi) is 7.34. The summed E-state index contributed by atoms with van der Waals surface area (Å²) in [5.74, 6) is 0.762. The number of carbonyl (C=O) groups excluding carboxylic acids is 2. The summed E-state index contributed by atoms with van der Waals surface area (Å²) in [5, 5.41) is 12.4. The van der Waals surface area contributed by atoms with E-state index in [4.69, 9.17) is 4.74 Å². The standard InChI is InChI=1S/C25H28N4O3S/c1-3-21(17-7-5-4-6-8-17)25(31)29-15-13-18(14-16-29)23-27-28-24(33-23)22(30)26-19-9-11-20(32-2)12-10-19/h4-12,18,21H,3,13-16H2,1-2H3,(H,26,30). The Morgan fingerprint density at radius 2 is 1.79 bits per heavy atom. The number of hydrogen-bond donors (Lipinski definition) is 1. The summed E-state index contributed by atoms with van der Waals surface area (Å²) in [4.78, 5) is 27.6. The summed E-state index contributed by atoms with van der Waals surface area (Å²) in [5.41, 5.74) is 1.75. The maximum absolute atomic E-state index is 13.1. The molecule has 1 fully saturated rings. The molecule has 1 aliphatic rings. The predicted molar refractivity (Wildman–Crippen MR) is 129 cm³/mol. The molecule has 0 aliphatic carbocycles. The molecule has 7 nitrogen and oxygen atoms in total. The van der Waals surface area contributed by atoms with Crippen molar-refractivity contribution in [1.82, 2.24) is 15.1 Å². The summed E-state index contributed by atoms with van der Waals surface area (Å²) in [7, 11) is 1.60. The van der Waals surface area contributed by atoms with E-state index in [0.717, 1.165) is 35.6 Å². The van der Waals surface area contributed by atoms with Crippen molar-refractivity contribution in [3.05, 3.63) is 70.2 Å². The van der Waals surface area contributed by atoms with Crippen LogP contribution in [0.2, 0.25) is 0 Å². The van der Waals surface area contributed by atoms with Gasteiger partial charge in [-0.15, -0.1) is 10.2 Å².